The summed E-state index contributed by atoms with van der Waals surface area (Å²) in [5.74, 6) is 0.185. The summed E-state index contributed by atoms with van der Waals surface area (Å²) < 4.78 is 1.45. The molecule has 0 spiro atoms. The number of hydrogen-bond acceptors (Lipinski definition) is 2. The molecule has 1 rings (SSSR count). The van der Waals surface area contributed by atoms with E-state index in [2.05, 4.69) is 4.98 Å². The van der Waals surface area contributed by atoms with Crippen molar-refractivity contribution in [3.05, 3.63) is 32.6 Å². The van der Waals surface area contributed by atoms with Gasteiger partial charge < -0.3 is 4.57 Å². The van der Waals surface area contributed by atoms with Crippen molar-refractivity contribution in [3.63, 3.8) is 0 Å². The summed E-state index contributed by atoms with van der Waals surface area (Å²) in [7, 11) is 1.65. The third kappa shape index (κ3) is 1.47. The van der Waals surface area contributed by atoms with Crippen LogP contribution < -0.4 is 11.2 Å². The van der Waals surface area contributed by atoms with E-state index < -0.39 is 0 Å². The SMILES string of the molecule is CC(C)c1cc(=O)[nH]c(=O)n1C. The van der Waals surface area contributed by atoms with E-state index >= 15 is 0 Å². The van der Waals surface area contributed by atoms with Crippen LogP contribution in [0.5, 0.6) is 0 Å². The lowest BCUT2D eigenvalue weighted by atomic mass is 10.1. The van der Waals surface area contributed by atoms with Crippen LogP contribution in [0.4, 0.5) is 0 Å². The first-order valence-corrected chi connectivity index (χ1v) is 3.82. The molecule has 0 aliphatic carbocycles. The van der Waals surface area contributed by atoms with Crippen molar-refractivity contribution in [1.29, 1.82) is 0 Å². The van der Waals surface area contributed by atoms with Crippen LogP contribution in [0.2, 0.25) is 0 Å². The van der Waals surface area contributed by atoms with E-state index in [1.54, 1.807) is 7.05 Å². The molecule has 0 fully saturated rings. The molecule has 0 radical (unpaired) electrons. The maximum atomic E-state index is 11.1. The lowest BCUT2D eigenvalue weighted by Crippen LogP contribution is -2.30. The van der Waals surface area contributed by atoms with E-state index in [1.807, 2.05) is 13.8 Å². The molecule has 0 aliphatic heterocycles. The summed E-state index contributed by atoms with van der Waals surface area (Å²) in [5, 5.41) is 0. The van der Waals surface area contributed by atoms with Crippen LogP contribution in [0, 0.1) is 0 Å². The van der Waals surface area contributed by atoms with Crippen molar-refractivity contribution < 1.29 is 0 Å². The average Bonchev–Trinajstić information content (AvgIpc) is 1.96. The normalized spacial score (nSPS) is 10.7. The second-order valence-electron chi connectivity index (χ2n) is 3.08. The topological polar surface area (TPSA) is 54.9 Å². The van der Waals surface area contributed by atoms with Crippen molar-refractivity contribution in [1.82, 2.24) is 9.55 Å². The minimum absolute atomic E-state index is 0.185. The highest BCUT2D eigenvalue weighted by Gasteiger charge is 2.04. The number of hydrogen-bond donors (Lipinski definition) is 1. The zero-order valence-corrected chi connectivity index (χ0v) is 7.42. The van der Waals surface area contributed by atoms with Gasteiger partial charge in [-0.15, -0.1) is 0 Å². The van der Waals surface area contributed by atoms with Crippen molar-refractivity contribution >= 4 is 0 Å². The Labute approximate surface area is 69.9 Å². The van der Waals surface area contributed by atoms with Gasteiger partial charge in [0.05, 0.1) is 0 Å². The highest BCUT2D eigenvalue weighted by atomic mass is 16.2. The Morgan fingerprint density at radius 3 is 2.50 bits per heavy atom. The van der Waals surface area contributed by atoms with E-state index in [1.165, 1.54) is 10.6 Å². The third-order valence-electron chi connectivity index (χ3n) is 1.79. The van der Waals surface area contributed by atoms with E-state index in [0.29, 0.717) is 0 Å². The molecule has 0 amide bonds. The molecule has 12 heavy (non-hydrogen) atoms. The standard InChI is InChI=1S/C8H12N2O2/c1-5(2)6-4-7(11)9-8(12)10(6)3/h4-5H,1-3H3,(H,9,11,12). The molecule has 0 atom stereocenters. The molecular weight excluding hydrogens is 156 g/mol. The zero-order valence-electron chi connectivity index (χ0n) is 7.42. The summed E-state index contributed by atoms with van der Waals surface area (Å²) in [6.45, 7) is 3.88. The van der Waals surface area contributed by atoms with Crippen LogP contribution in [0.25, 0.3) is 0 Å². The smallest absolute Gasteiger partial charge is 0.301 e. The molecule has 0 aromatic carbocycles. The molecule has 0 aliphatic rings. The Bertz CT molecular complexity index is 387. The molecule has 4 nitrogen and oxygen atoms in total. The molecule has 1 aromatic rings. The third-order valence-corrected chi connectivity index (χ3v) is 1.79. The summed E-state index contributed by atoms with van der Waals surface area (Å²) in [5.41, 5.74) is 0.0664. The highest BCUT2D eigenvalue weighted by Crippen LogP contribution is 2.07. The Morgan fingerprint density at radius 1 is 1.42 bits per heavy atom. The Kier molecular flexibility index (Phi) is 2.17. The average molecular weight is 168 g/mol. The summed E-state index contributed by atoms with van der Waals surface area (Å²) >= 11 is 0. The largest absolute Gasteiger partial charge is 0.328 e. The minimum atomic E-state index is -0.355. The first-order valence-electron chi connectivity index (χ1n) is 3.82. The molecule has 0 unspecified atom stereocenters. The van der Waals surface area contributed by atoms with Crippen LogP contribution in [0.3, 0.4) is 0 Å². The zero-order chi connectivity index (χ0) is 9.30. The predicted molar refractivity (Wildman–Crippen MR) is 46.4 cm³/mol. The van der Waals surface area contributed by atoms with Crippen LogP contribution in [0.1, 0.15) is 25.5 Å². The minimum Gasteiger partial charge on any atom is -0.301 e. The Balaban J connectivity index is 3.49. The Hall–Kier alpha value is -1.32. The quantitative estimate of drug-likeness (QED) is 0.651. The Morgan fingerprint density at radius 2 is 2.00 bits per heavy atom. The van der Waals surface area contributed by atoms with Crippen LogP contribution >= 0.6 is 0 Å². The number of nitrogens with one attached hydrogen (secondary N) is 1. The second kappa shape index (κ2) is 2.97. The van der Waals surface area contributed by atoms with Crippen LogP contribution in [0.15, 0.2) is 15.7 Å². The first kappa shape index (κ1) is 8.77. The number of nitrogens with zero attached hydrogens (tertiary/aromatic N) is 1. The van der Waals surface area contributed by atoms with Crippen LogP contribution in [-0.4, -0.2) is 9.55 Å². The van der Waals surface area contributed by atoms with Gasteiger partial charge in [0.2, 0.25) is 0 Å². The molecule has 0 saturated heterocycles. The number of rotatable bonds is 1. The van der Waals surface area contributed by atoms with E-state index in [-0.39, 0.29) is 17.2 Å². The van der Waals surface area contributed by atoms with Crippen LogP contribution in [-0.2, 0) is 7.05 Å². The van der Waals surface area contributed by atoms with Gasteiger partial charge in [-0.1, -0.05) is 13.8 Å². The second-order valence-corrected chi connectivity index (χ2v) is 3.08. The molecule has 0 bridgehead atoms. The maximum absolute atomic E-state index is 11.1. The monoisotopic (exact) mass is 168 g/mol. The van der Waals surface area contributed by atoms with Crippen molar-refractivity contribution in [3.8, 4) is 0 Å². The highest BCUT2D eigenvalue weighted by molar-refractivity contribution is 5.05. The van der Waals surface area contributed by atoms with Gasteiger partial charge >= 0.3 is 5.69 Å². The molecular formula is C8H12N2O2. The molecule has 66 valence electrons. The van der Waals surface area contributed by atoms with Gasteiger partial charge in [0.25, 0.3) is 5.56 Å². The lowest BCUT2D eigenvalue weighted by molar-refractivity contribution is 0.679. The molecule has 4 heteroatoms. The lowest BCUT2D eigenvalue weighted by Gasteiger charge is -2.08. The van der Waals surface area contributed by atoms with E-state index in [0.717, 1.165) is 5.69 Å². The fourth-order valence-corrected chi connectivity index (χ4v) is 1.13. The van der Waals surface area contributed by atoms with Gasteiger partial charge in [0, 0.05) is 18.8 Å². The molecule has 1 aromatic heterocycles. The first-order chi connectivity index (χ1) is 5.52. The van der Waals surface area contributed by atoms with Crippen molar-refractivity contribution in [2.24, 2.45) is 7.05 Å². The number of aromatic nitrogens is 2. The van der Waals surface area contributed by atoms with Gasteiger partial charge in [0.15, 0.2) is 0 Å². The fraction of sp³-hybridized carbons (Fsp3) is 0.500. The van der Waals surface area contributed by atoms with Gasteiger partial charge in [-0.25, -0.2) is 4.79 Å². The maximum Gasteiger partial charge on any atom is 0.328 e. The van der Waals surface area contributed by atoms with Crippen molar-refractivity contribution in [2.75, 3.05) is 0 Å². The molecule has 1 N–H and O–H groups in total. The molecule has 1 heterocycles. The van der Waals surface area contributed by atoms with Crippen molar-refractivity contribution in [2.45, 2.75) is 19.8 Å². The van der Waals surface area contributed by atoms with E-state index in [9.17, 15) is 9.59 Å². The van der Waals surface area contributed by atoms with Gasteiger partial charge in [-0.2, -0.15) is 0 Å². The van der Waals surface area contributed by atoms with Gasteiger partial charge in [0.1, 0.15) is 0 Å². The van der Waals surface area contributed by atoms with Gasteiger partial charge in [-0.05, 0) is 5.92 Å². The van der Waals surface area contributed by atoms with Gasteiger partial charge in [-0.3, -0.25) is 9.78 Å². The predicted octanol–water partition coefficient (Wildman–Crippen LogP) is 0.197. The number of aromatic amines is 1. The fourth-order valence-electron chi connectivity index (χ4n) is 1.13. The van der Waals surface area contributed by atoms with E-state index in [4.69, 9.17) is 0 Å². The summed E-state index contributed by atoms with van der Waals surface area (Å²) in [6, 6.07) is 1.45. The number of H-pyrrole nitrogens is 1. The molecule has 0 saturated carbocycles. The summed E-state index contributed by atoms with van der Waals surface area (Å²) in [6.07, 6.45) is 0. The summed E-state index contributed by atoms with van der Waals surface area (Å²) in [4.78, 5) is 24.2.